The Morgan fingerprint density at radius 1 is 0.907 bits per heavy atom. The van der Waals surface area contributed by atoms with Crippen LogP contribution in [0.5, 0.6) is 17.2 Å². The quantitative estimate of drug-likeness (QED) is 0.133. The minimum Gasteiger partial charge on any atom is -0.494 e. The van der Waals surface area contributed by atoms with Gasteiger partial charge in [0.15, 0.2) is 4.32 Å². The number of ether oxygens (including phenoxy) is 2. The van der Waals surface area contributed by atoms with Crippen LogP contribution >= 0.6 is 60.4 Å². The van der Waals surface area contributed by atoms with Gasteiger partial charge in [0.1, 0.15) is 17.2 Å². The Morgan fingerprint density at radius 3 is 2.09 bits per heavy atom. The molecule has 2 saturated heterocycles. The lowest BCUT2D eigenvalue weighted by atomic mass is 10.2. The number of hydrogen-bond acceptors (Lipinski definition) is 7. The van der Waals surface area contributed by atoms with E-state index in [0.29, 0.717) is 38.0 Å². The summed E-state index contributed by atoms with van der Waals surface area (Å²) in [6.45, 7) is 6.53. The van der Waals surface area contributed by atoms with E-state index in [0.717, 1.165) is 50.5 Å². The molecule has 2 aliphatic heterocycles. The van der Waals surface area contributed by atoms with Crippen molar-refractivity contribution in [2.45, 2.75) is 13.3 Å². The van der Waals surface area contributed by atoms with Crippen LogP contribution in [-0.2, 0) is 9.59 Å². The molecule has 0 saturated carbocycles. The van der Waals surface area contributed by atoms with E-state index >= 15 is 0 Å². The predicted molar refractivity (Wildman–Crippen MR) is 183 cm³/mol. The molecule has 2 fully saturated rings. The smallest absolute Gasteiger partial charge is 0.270 e. The van der Waals surface area contributed by atoms with Gasteiger partial charge in [-0.15, -0.1) is 24.8 Å². The monoisotopic (exact) mass is 679 g/mol. The second kappa shape index (κ2) is 16.3. The number of halogens is 3. The van der Waals surface area contributed by atoms with Crippen molar-refractivity contribution in [1.82, 2.24) is 9.80 Å². The summed E-state index contributed by atoms with van der Waals surface area (Å²) in [6, 6.07) is 22.1. The van der Waals surface area contributed by atoms with Gasteiger partial charge < -0.3 is 14.4 Å². The minimum absolute atomic E-state index is 0. The van der Waals surface area contributed by atoms with Crippen molar-refractivity contribution >= 4 is 88.3 Å². The van der Waals surface area contributed by atoms with Crippen LogP contribution < -0.4 is 14.4 Å². The molecule has 0 bridgehead atoms. The van der Waals surface area contributed by atoms with Crippen molar-refractivity contribution < 1.29 is 19.1 Å². The highest BCUT2D eigenvalue weighted by atomic mass is 35.5. The van der Waals surface area contributed by atoms with Crippen LogP contribution in [0.25, 0.3) is 6.08 Å². The molecule has 3 aromatic carbocycles. The van der Waals surface area contributed by atoms with E-state index < -0.39 is 0 Å². The summed E-state index contributed by atoms with van der Waals surface area (Å²) in [5.74, 6) is 2.12. The number of thioether (sulfide) groups is 1. The molecule has 0 atom stereocenters. The number of anilines is 1. The molecule has 5 rings (SSSR count). The van der Waals surface area contributed by atoms with Crippen LogP contribution in [0.4, 0.5) is 5.69 Å². The molecule has 43 heavy (non-hydrogen) atoms. The van der Waals surface area contributed by atoms with Gasteiger partial charge in [-0.05, 0) is 78.7 Å². The van der Waals surface area contributed by atoms with E-state index in [-0.39, 0.29) is 36.6 Å². The van der Waals surface area contributed by atoms with Crippen molar-refractivity contribution in [3.63, 3.8) is 0 Å². The third-order valence-electron chi connectivity index (χ3n) is 6.82. The first-order valence-electron chi connectivity index (χ1n) is 13.4. The molecule has 0 unspecified atom stereocenters. The van der Waals surface area contributed by atoms with Gasteiger partial charge in [0.05, 0.1) is 17.2 Å². The molecular formula is C31H32Cl3N3O4S2. The second-order valence-corrected chi connectivity index (χ2v) is 11.8. The fourth-order valence-corrected chi connectivity index (χ4v) is 5.99. The first-order valence-corrected chi connectivity index (χ1v) is 15.0. The van der Waals surface area contributed by atoms with Gasteiger partial charge in [-0.3, -0.25) is 19.4 Å². The number of carbonyl (C=O) groups is 2. The van der Waals surface area contributed by atoms with E-state index in [1.807, 2.05) is 71.6 Å². The first kappa shape index (κ1) is 34.7. The lowest BCUT2D eigenvalue weighted by molar-refractivity contribution is -0.130. The molecule has 0 aromatic heterocycles. The summed E-state index contributed by atoms with van der Waals surface area (Å²) >= 11 is 12.8. The van der Waals surface area contributed by atoms with Crippen molar-refractivity contribution in [3.05, 3.63) is 88.3 Å². The Balaban J connectivity index is 0.00000253. The lowest BCUT2D eigenvalue weighted by Gasteiger charge is -2.34. The number of rotatable bonds is 9. The van der Waals surface area contributed by atoms with Crippen LogP contribution in [0.1, 0.15) is 18.9 Å². The molecule has 228 valence electrons. The molecule has 12 heteroatoms. The molecule has 0 spiro atoms. The number of piperazine rings is 1. The average Bonchev–Trinajstić information content (AvgIpc) is 3.26. The van der Waals surface area contributed by atoms with Crippen LogP contribution in [0.15, 0.2) is 77.7 Å². The number of hydrogen-bond donors (Lipinski definition) is 0. The maximum Gasteiger partial charge on any atom is 0.270 e. The van der Waals surface area contributed by atoms with E-state index in [1.165, 1.54) is 11.8 Å². The maximum atomic E-state index is 13.2. The van der Waals surface area contributed by atoms with Crippen molar-refractivity contribution in [1.29, 1.82) is 0 Å². The average molecular weight is 681 g/mol. The van der Waals surface area contributed by atoms with Gasteiger partial charge in [0.2, 0.25) is 5.91 Å². The topological polar surface area (TPSA) is 62.3 Å². The number of amides is 2. The molecule has 2 heterocycles. The lowest BCUT2D eigenvalue weighted by Crippen LogP contribution is -2.48. The van der Waals surface area contributed by atoms with E-state index in [2.05, 4.69) is 4.90 Å². The standard InChI is InChI=1S/C31H30ClN3O4S2.2ClH/c1-22(36)34-18-16-33(17-19-34)15-2-20-38-26-13-7-25(8-14-26)35-30(37)29(41-31(35)40)21-23-3-9-27(10-4-23)39-28-11-5-24(32)6-12-28;;/h3-14,21H,2,15-20H2,1H3;2*1H/b29-21-;;. The highest BCUT2D eigenvalue weighted by molar-refractivity contribution is 8.27. The summed E-state index contributed by atoms with van der Waals surface area (Å²) in [5.41, 5.74) is 1.58. The van der Waals surface area contributed by atoms with Gasteiger partial charge in [-0.2, -0.15) is 0 Å². The van der Waals surface area contributed by atoms with Crippen molar-refractivity contribution in [2.75, 3.05) is 44.2 Å². The van der Waals surface area contributed by atoms with Gasteiger partial charge in [0.25, 0.3) is 5.91 Å². The van der Waals surface area contributed by atoms with Gasteiger partial charge in [0, 0.05) is 44.7 Å². The molecule has 7 nitrogen and oxygen atoms in total. The zero-order chi connectivity index (χ0) is 28.8. The van der Waals surface area contributed by atoms with E-state index in [4.69, 9.17) is 33.3 Å². The SMILES string of the molecule is CC(=O)N1CCN(CCCOc2ccc(N3C(=O)/C(=C/c4ccc(Oc5ccc(Cl)cc5)cc4)SC3=S)cc2)CC1.Cl.Cl. The Morgan fingerprint density at radius 2 is 1.49 bits per heavy atom. The van der Waals surface area contributed by atoms with Crippen LogP contribution in [0.3, 0.4) is 0 Å². The Hall–Kier alpha value is -2.79. The van der Waals surface area contributed by atoms with Gasteiger partial charge in [-0.25, -0.2) is 0 Å². The Labute approximate surface area is 279 Å². The minimum atomic E-state index is -0.153. The zero-order valence-electron chi connectivity index (χ0n) is 23.4. The molecular weight excluding hydrogens is 649 g/mol. The largest absolute Gasteiger partial charge is 0.494 e. The van der Waals surface area contributed by atoms with Crippen molar-refractivity contribution in [3.8, 4) is 17.2 Å². The second-order valence-electron chi connectivity index (χ2n) is 9.69. The molecule has 2 amide bonds. The fraction of sp³-hybridized carbons (Fsp3) is 0.258. The van der Waals surface area contributed by atoms with Crippen molar-refractivity contribution in [2.24, 2.45) is 0 Å². The number of thiocarbonyl (C=S) groups is 1. The molecule has 0 aliphatic carbocycles. The Bertz CT molecular complexity index is 1430. The van der Waals surface area contributed by atoms with Crippen LogP contribution in [0.2, 0.25) is 5.02 Å². The summed E-state index contributed by atoms with van der Waals surface area (Å²) < 4.78 is 12.3. The zero-order valence-corrected chi connectivity index (χ0v) is 27.5. The third-order valence-corrected chi connectivity index (χ3v) is 8.37. The number of benzene rings is 3. The van der Waals surface area contributed by atoms with Gasteiger partial charge >= 0.3 is 0 Å². The maximum absolute atomic E-state index is 13.2. The fourth-order valence-electron chi connectivity index (χ4n) is 4.57. The normalized spacial score (nSPS) is 16.1. The number of carbonyl (C=O) groups excluding carboxylic acids is 2. The summed E-state index contributed by atoms with van der Waals surface area (Å²) in [6.07, 6.45) is 2.73. The van der Waals surface area contributed by atoms with E-state index in [9.17, 15) is 9.59 Å². The third kappa shape index (κ3) is 9.35. The number of nitrogens with zero attached hydrogens (tertiary/aromatic N) is 3. The predicted octanol–water partition coefficient (Wildman–Crippen LogP) is 7.31. The Kier molecular flexibility index (Phi) is 13.2. The highest BCUT2D eigenvalue weighted by Crippen LogP contribution is 2.37. The molecule has 0 radical (unpaired) electrons. The molecule has 3 aromatic rings. The summed E-state index contributed by atoms with van der Waals surface area (Å²) in [4.78, 5) is 31.0. The highest BCUT2D eigenvalue weighted by Gasteiger charge is 2.33. The molecule has 0 N–H and O–H groups in total. The van der Waals surface area contributed by atoms with Gasteiger partial charge in [-0.1, -0.05) is 47.7 Å². The van der Waals surface area contributed by atoms with E-state index in [1.54, 1.807) is 24.0 Å². The first-order chi connectivity index (χ1) is 19.9. The van der Waals surface area contributed by atoms with Crippen LogP contribution in [0, 0.1) is 0 Å². The summed E-state index contributed by atoms with van der Waals surface area (Å²) in [5, 5.41) is 0.651. The summed E-state index contributed by atoms with van der Waals surface area (Å²) in [7, 11) is 0. The molecule has 2 aliphatic rings. The van der Waals surface area contributed by atoms with Crippen LogP contribution in [-0.4, -0.2) is 65.3 Å².